The average Bonchev–Trinajstić information content (AvgIpc) is 3.64. The number of aromatic nitrogens is 2. The second kappa shape index (κ2) is 12.5. The molecule has 0 amide bonds. The van der Waals surface area contributed by atoms with Crippen molar-refractivity contribution in [3.05, 3.63) is 172 Å². The number of nitrogens with zero attached hydrogens (tertiary/aromatic N) is 3. The van der Waals surface area contributed by atoms with Gasteiger partial charge in [-0.15, -0.1) is 0 Å². The lowest BCUT2D eigenvalue weighted by Crippen LogP contribution is -2.05. The molecule has 0 fully saturated rings. The molecule has 0 bridgehead atoms. The molecule has 0 N–H and O–H groups in total. The second-order valence-corrected chi connectivity index (χ2v) is 14.9. The molecule has 268 valence electrons. The van der Waals surface area contributed by atoms with Gasteiger partial charge in [-0.05, 0) is 136 Å². The summed E-state index contributed by atoms with van der Waals surface area (Å²) in [7, 11) is 0. The monoisotopic (exact) mass is 723 g/mol. The molecule has 0 aliphatic heterocycles. The first-order valence-electron chi connectivity index (χ1n) is 18.3. The van der Waals surface area contributed by atoms with Crippen LogP contribution in [0.4, 0.5) is 18.9 Å². The molecule has 0 atom stereocenters. The number of hydrogen-bond acceptors (Lipinski definition) is 0. The lowest BCUT2D eigenvalue weighted by molar-refractivity contribution is -0.137. The average molecular weight is 724 g/mol. The standard InChI is InChI=1S/C49H36F3N3/c1-28-7-14-43-38(21-28)39-22-29(2)8-15-44(39)54(43)47-18-12-36(53-6)27-42(47)37-13-11-33(34-19-32(5)20-35(25-34)49(50,51)52)26-48(37)55-45-16-9-30(3)23-40(45)41-24-31(4)10-17-46(41)55/h7-27H,1-5H3. The summed E-state index contributed by atoms with van der Waals surface area (Å²) >= 11 is 0. The summed E-state index contributed by atoms with van der Waals surface area (Å²) in [6, 6.07) is 41.8. The third-order valence-corrected chi connectivity index (χ3v) is 10.8. The van der Waals surface area contributed by atoms with Crippen LogP contribution in [0.3, 0.4) is 0 Å². The van der Waals surface area contributed by atoms with Crippen LogP contribution >= 0.6 is 0 Å². The van der Waals surface area contributed by atoms with Crippen molar-refractivity contribution in [2.45, 2.75) is 40.8 Å². The molecule has 0 aliphatic carbocycles. The molecule has 9 aromatic rings. The maximum Gasteiger partial charge on any atom is 0.416 e. The van der Waals surface area contributed by atoms with Crippen LogP contribution in [0, 0.1) is 41.2 Å². The molecule has 0 aliphatic rings. The summed E-state index contributed by atoms with van der Waals surface area (Å²) in [5, 5.41) is 4.46. The maximum atomic E-state index is 14.2. The number of fused-ring (bicyclic) bond motifs is 6. The normalized spacial score (nSPS) is 12.0. The van der Waals surface area contributed by atoms with Gasteiger partial charge in [-0.2, -0.15) is 13.2 Å². The quantitative estimate of drug-likeness (QED) is 0.161. The summed E-state index contributed by atoms with van der Waals surface area (Å²) in [6.07, 6.45) is -4.49. The van der Waals surface area contributed by atoms with Crippen LogP contribution in [0.2, 0.25) is 0 Å². The van der Waals surface area contributed by atoms with Crippen molar-refractivity contribution in [1.82, 2.24) is 9.13 Å². The first kappa shape index (κ1) is 34.2. The zero-order valence-electron chi connectivity index (χ0n) is 31.1. The van der Waals surface area contributed by atoms with Crippen molar-refractivity contribution in [1.29, 1.82) is 0 Å². The highest BCUT2D eigenvalue weighted by atomic mass is 19.4. The zero-order chi connectivity index (χ0) is 38.3. The fourth-order valence-corrected chi connectivity index (χ4v) is 8.26. The van der Waals surface area contributed by atoms with Crippen molar-refractivity contribution in [2.24, 2.45) is 0 Å². The van der Waals surface area contributed by atoms with E-state index in [1.807, 2.05) is 36.4 Å². The molecule has 3 nitrogen and oxygen atoms in total. The highest BCUT2D eigenvalue weighted by molar-refractivity contribution is 6.12. The van der Waals surface area contributed by atoms with Crippen LogP contribution < -0.4 is 0 Å². The largest absolute Gasteiger partial charge is 0.416 e. The lowest BCUT2D eigenvalue weighted by Gasteiger charge is -2.20. The third kappa shape index (κ3) is 5.66. The van der Waals surface area contributed by atoms with Crippen LogP contribution in [0.1, 0.15) is 33.4 Å². The number of rotatable bonds is 4. The smallest absolute Gasteiger partial charge is 0.309 e. The van der Waals surface area contributed by atoms with Gasteiger partial charge in [0.05, 0.1) is 45.6 Å². The van der Waals surface area contributed by atoms with E-state index < -0.39 is 11.7 Å². The fraction of sp³-hybridized carbons (Fsp3) is 0.122. The van der Waals surface area contributed by atoms with E-state index in [9.17, 15) is 13.2 Å². The van der Waals surface area contributed by atoms with Crippen LogP contribution in [-0.4, -0.2) is 9.13 Å². The van der Waals surface area contributed by atoms with E-state index in [2.05, 4.69) is 114 Å². The molecule has 2 aromatic heterocycles. The van der Waals surface area contributed by atoms with E-state index in [1.54, 1.807) is 13.0 Å². The molecule has 0 unspecified atom stereocenters. The van der Waals surface area contributed by atoms with E-state index in [0.717, 1.165) is 88.4 Å². The van der Waals surface area contributed by atoms with Gasteiger partial charge in [0.25, 0.3) is 0 Å². The molecule has 55 heavy (non-hydrogen) atoms. The Hall–Kier alpha value is -6.58. The van der Waals surface area contributed by atoms with Gasteiger partial charge >= 0.3 is 6.18 Å². The fourth-order valence-electron chi connectivity index (χ4n) is 8.26. The van der Waals surface area contributed by atoms with Crippen LogP contribution in [0.5, 0.6) is 0 Å². The Labute approximate surface area is 317 Å². The number of benzene rings is 7. The van der Waals surface area contributed by atoms with E-state index in [0.29, 0.717) is 22.4 Å². The minimum atomic E-state index is -4.49. The van der Waals surface area contributed by atoms with Gasteiger partial charge in [0, 0.05) is 27.1 Å². The van der Waals surface area contributed by atoms with Crippen molar-refractivity contribution in [3.63, 3.8) is 0 Å². The number of aryl methyl sites for hydroxylation is 5. The summed E-state index contributed by atoms with van der Waals surface area (Å²) in [6.45, 7) is 18.1. The highest BCUT2D eigenvalue weighted by Gasteiger charge is 2.31. The van der Waals surface area contributed by atoms with Crippen molar-refractivity contribution < 1.29 is 13.2 Å². The van der Waals surface area contributed by atoms with Crippen LogP contribution in [0.15, 0.2) is 127 Å². The molecule has 6 heteroatoms. The van der Waals surface area contributed by atoms with Gasteiger partial charge in [-0.1, -0.05) is 70.8 Å². The molecule has 0 radical (unpaired) electrons. The SMILES string of the molecule is [C-]#[N+]c1ccc(-n2c3ccc(C)cc3c3cc(C)ccc32)c(-c2ccc(-c3cc(C)cc(C(F)(F)F)c3)cc2-n2c3ccc(C)cc3c3cc(C)ccc32)c1. The Morgan fingerprint density at radius 2 is 0.927 bits per heavy atom. The molecule has 0 saturated heterocycles. The van der Waals surface area contributed by atoms with Gasteiger partial charge in [0.2, 0.25) is 0 Å². The van der Waals surface area contributed by atoms with Crippen LogP contribution in [0.25, 0.3) is 82.1 Å². The van der Waals surface area contributed by atoms with Crippen molar-refractivity contribution in [3.8, 4) is 33.6 Å². The van der Waals surface area contributed by atoms with Gasteiger partial charge in [-0.3, -0.25) is 0 Å². The van der Waals surface area contributed by atoms with Crippen molar-refractivity contribution in [2.75, 3.05) is 0 Å². The molecule has 2 heterocycles. The number of alkyl halides is 3. The highest BCUT2D eigenvalue weighted by Crippen LogP contribution is 2.44. The molecule has 9 rings (SSSR count). The topological polar surface area (TPSA) is 14.2 Å². The summed E-state index contributed by atoms with van der Waals surface area (Å²) in [5.41, 5.74) is 13.5. The second-order valence-electron chi connectivity index (χ2n) is 14.9. The Morgan fingerprint density at radius 1 is 0.436 bits per heavy atom. The number of halogens is 3. The molecule has 0 saturated carbocycles. The molecular formula is C49H36F3N3. The molecule has 7 aromatic carbocycles. The molecule has 0 spiro atoms. The zero-order valence-corrected chi connectivity index (χ0v) is 31.1. The Morgan fingerprint density at radius 3 is 1.40 bits per heavy atom. The van der Waals surface area contributed by atoms with Gasteiger partial charge < -0.3 is 9.13 Å². The van der Waals surface area contributed by atoms with E-state index in [1.165, 1.54) is 12.1 Å². The first-order chi connectivity index (χ1) is 26.4. The Kier molecular flexibility index (Phi) is 7.77. The van der Waals surface area contributed by atoms with Crippen molar-refractivity contribution >= 4 is 49.3 Å². The van der Waals surface area contributed by atoms with Crippen LogP contribution in [-0.2, 0) is 6.18 Å². The molecular weight excluding hydrogens is 688 g/mol. The van der Waals surface area contributed by atoms with E-state index in [4.69, 9.17) is 6.57 Å². The Balaban J connectivity index is 1.42. The summed E-state index contributed by atoms with van der Waals surface area (Å²) in [4.78, 5) is 3.87. The van der Waals surface area contributed by atoms with E-state index >= 15 is 0 Å². The lowest BCUT2D eigenvalue weighted by atomic mass is 9.94. The van der Waals surface area contributed by atoms with Gasteiger partial charge in [0.15, 0.2) is 5.69 Å². The maximum absolute atomic E-state index is 14.2. The minimum absolute atomic E-state index is 0.482. The van der Waals surface area contributed by atoms with Gasteiger partial charge in [-0.25, -0.2) is 4.85 Å². The predicted molar refractivity (Wildman–Crippen MR) is 221 cm³/mol. The summed E-state index contributed by atoms with van der Waals surface area (Å²) in [5.74, 6) is 0. The van der Waals surface area contributed by atoms with E-state index in [-0.39, 0.29) is 0 Å². The van der Waals surface area contributed by atoms with Gasteiger partial charge in [0.1, 0.15) is 0 Å². The number of hydrogen-bond donors (Lipinski definition) is 0. The predicted octanol–water partition coefficient (Wildman–Crippen LogP) is 14.3. The third-order valence-electron chi connectivity index (χ3n) is 10.8. The Bertz CT molecular complexity index is 2980. The summed E-state index contributed by atoms with van der Waals surface area (Å²) < 4.78 is 47.0. The first-order valence-corrected chi connectivity index (χ1v) is 18.3. The minimum Gasteiger partial charge on any atom is -0.309 e.